The number of hydrogen-bond donors (Lipinski definition) is 2. The van der Waals surface area contributed by atoms with Crippen molar-refractivity contribution < 1.29 is 31.2 Å². The number of benzene rings is 2. The predicted molar refractivity (Wildman–Crippen MR) is 109 cm³/mol. The van der Waals surface area contributed by atoms with E-state index in [9.17, 15) is 31.2 Å². The van der Waals surface area contributed by atoms with Crippen molar-refractivity contribution in [3.8, 4) is 11.8 Å². The third kappa shape index (κ3) is 5.66. The van der Waals surface area contributed by atoms with Crippen molar-refractivity contribution >= 4 is 21.8 Å². The Morgan fingerprint density at radius 2 is 1.88 bits per heavy atom. The average Bonchev–Trinajstić information content (AvgIpc) is 2.76. The zero-order chi connectivity index (χ0) is 23.4. The molecule has 2 aromatic carbocycles. The van der Waals surface area contributed by atoms with Gasteiger partial charge in [-0.25, -0.2) is 8.42 Å². The maximum Gasteiger partial charge on any atom is 0.416 e. The molecule has 1 fully saturated rings. The van der Waals surface area contributed by atoms with E-state index in [1.807, 2.05) is 0 Å². The summed E-state index contributed by atoms with van der Waals surface area (Å²) in [5, 5.41) is 5.04. The zero-order valence-electron chi connectivity index (χ0n) is 16.6. The Bertz CT molecular complexity index is 1180. The van der Waals surface area contributed by atoms with Gasteiger partial charge in [-0.15, -0.1) is 0 Å². The number of rotatable bonds is 4. The summed E-state index contributed by atoms with van der Waals surface area (Å²) in [5.41, 5.74) is -0.468. The number of carbonyl (C=O) groups excluding carboxylic acids is 2. The van der Waals surface area contributed by atoms with Crippen LogP contribution >= 0.6 is 0 Å². The third-order valence-corrected chi connectivity index (χ3v) is 6.38. The minimum Gasteiger partial charge on any atom is -0.354 e. The van der Waals surface area contributed by atoms with E-state index in [2.05, 4.69) is 22.5 Å². The Balaban J connectivity index is 1.60. The van der Waals surface area contributed by atoms with E-state index in [1.54, 1.807) is 0 Å². The van der Waals surface area contributed by atoms with Crippen LogP contribution in [0.5, 0.6) is 0 Å². The van der Waals surface area contributed by atoms with Gasteiger partial charge >= 0.3 is 6.18 Å². The molecule has 1 aliphatic rings. The second kappa shape index (κ2) is 9.42. The van der Waals surface area contributed by atoms with E-state index < -0.39 is 27.7 Å². The highest BCUT2D eigenvalue weighted by atomic mass is 32.2. The molecule has 0 radical (unpaired) electrons. The van der Waals surface area contributed by atoms with Gasteiger partial charge in [0.1, 0.15) is 0 Å². The fourth-order valence-electron chi connectivity index (χ4n) is 2.89. The summed E-state index contributed by atoms with van der Waals surface area (Å²) in [5.74, 6) is 4.21. The lowest BCUT2D eigenvalue weighted by Crippen LogP contribution is -2.49. The Hall–Kier alpha value is -3.36. The van der Waals surface area contributed by atoms with Crippen molar-refractivity contribution in [2.75, 3.05) is 26.2 Å². The first kappa shape index (κ1) is 23.3. The van der Waals surface area contributed by atoms with Crippen molar-refractivity contribution in [1.82, 2.24) is 14.9 Å². The molecular formula is C21H18F3N3O4S. The number of nitrogens with one attached hydrogen (secondary N) is 2. The number of piperazine rings is 1. The molecule has 3 rings (SSSR count). The van der Waals surface area contributed by atoms with Crippen LogP contribution in [0.1, 0.15) is 21.5 Å². The first-order chi connectivity index (χ1) is 15.1. The summed E-state index contributed by atoms with van der Waals surface area (Å²) in [6, 6.07) is 9.72. The number of sulfonamides is 1. The van der Waals surface area contributed by atoms with Crippen molar-refractivity contribution in [3.63, 3.8) is 0 Å². The molecular weight excluding hydrogens is 447 g/mol. The lowest BCUT2D eigenvalue weighted by molar-refractivity contribution is -0.137. The van der Waals surface area contributed by atoms with Crippen LogP contribution in [0.25, 0.3) is 0 Å². The minimum atomic E-state index is -4.47. The van der Waals surface area contributed by atoms with Crippen molar-refractivity contribution in [1.29, 1.82) is 0 Å². The highest BCUT2D eigenvalue weighted by molar-refractivity contribution is 7.89. The topological polar surface area (TPSA) is 95.6 Å². The lowest BCUT2D eigenvalue weighted by atomic mass is 10.1. The van der Waals surface area contributed by atoms with Gasteiger partial charge in [0.25, 0.3) is 5.91 Å². The highest BCUT2D eigenvalue weighted by Gasteiger charge is 2.30. The molecule has 0 aromatic heterocycles. The van der Waals surface area contributed by atoms with Crippen molar-refractivity contribution in [2.45, 2.75) is 11.1 Å². The van der Waals surface area contributed by atoms with Crippen molar-refractivity contribution in [2.24, 2.45) is 0 Å². The maximum absolute atomic E-state index is 12.7. The van der Waals surface area contributed by atoms with Crippen LogP contribution in [0.3, 0.4) is 0 Å². The predicted octanol–water partition coefficient (Wildman–Crippen LogP) is 1.61. The van der Waals surface area contributed by atoms with Crippen LogP contribution in [0.2, 0.25) is 0 Å². The molecule has 168 valence electrons. The van der Waals surface area contributed by atoms with Gasteiger partial charge in [-0.1, -0.05) is 17.9 Å². The molecule has 2 N–H and O–H groups in total. The number of nitrogens with zero attached hydrogens (tertiary/aromatic N) is 1. The van der Waals surface area contributed by atoms with Crippen LogP contribution in [0.15, 0.2) is 53.4 Å². The summed E-state index contributed by atoms with van der Waals surface area (Å²) >= 11 is 0. The normalized spacial score (nSPS) is 14.8. The molecule has 2 aromatic rings. The zero-order valence-corrected chi connectivity index (χ0v) is 17.4. The monoisotopic (exact) mass is 465 g/mol. The Morgan fingerprint density at radius 1 is 1.16 bits per heavy atom. The van der Waals surface area contributed by atoms with E-state index in [0.717, 1.165) is 16.4 Å². The maximum atomic E-state index is 12.7. The van der Waals surface area contributed by atoms with E-state index >= 15 is 0 Å². The van der Waals surface area contributed by atoms with Gasteiger partial charge in [0.05, 0.1) is 23.5 Å². The average molecular weight is 465 g/mol. The summed E-state index contributed by atoms with van der Waals surface area (Å²) in [6.07, 6.45) is -4.47. The number of hydrogen-bond acceptors (Lipinski definition) is 4. The molecule has 2 amide bonds. The van der Waals surface area contributed by atoms with E-state index in [-0.39, 0.29) is 48.1 Å². The molecule has 1 saturated heterocycles. The Morgan fingerprint density at radius 3 is 2.53 bits per heavy atom. The molecule has 0 atom stereocenters. The fourth-order valence-corrected chi connectivity index (χ4v) is 4.29. The quantitative estimate of drug-likeness (QED) is 0.671. The number of halogens is 3. The van der Waals surface area contributed by atoms with Gasteiger partial charge in [-0.2, -0.15) is 17.5 Å². The van der Waals surface area contributed by atoms with E-state index in [1.165, 1.54) is 36.4 Å². The number of carbonyl (C=O) groups is 2. The molecule has 0 spiro atoms. The lowest BCUT2D eigenvalue weighted by Gasteiger charge is -2.25. The molecule has 1 aliphatic heterocycles. The van der Waals surface area contributed by atoms with Gasteiger partial charge in [0.2, 0.25) is 15.9 Å². The summed E-state index contributed by atoms with van der Waals surface area (Å²) < 4.78 is 64.4. The molecule has 1 heterocycles. The van der Waals surface area contributed by atoms with Gasteiger partial charge in [0.15, 0.2) is 0 Å². The highest BCUT2D eigenvalue weighted by Crippen LogP contribution is 2.29. The van der Waals surface area contributed by atoms with Crippen LogP contribution in [0.4, 0.5) is 13.2 Å². The van der Waals surface area contributed by atoms with Crippen LogP contribution < -0.4 is 10.6 Å². The van der Waals surface area contributed by atoms with Gasteiger partial charge < -0.3 is 10.6 Å². The molecule has 0 aliphatic carbocycles. The third-order valence-electron chi connectivity index (χ3n) is 4.52. The molecule has 0 saturated carbocycles. The molecule has 0 bridgehead atoms. The summed E-state index contributed by atoms with van der Waals surface area (Å²) in [6.45, 7) is -0.00587. The minimum absolute atomic E-state index is 0.0481. The molecule has 32 heavy (non-hydrogen) atoms. The second-order valence-electron chi connectivity index (χ2n) is 6.78. The number of alkyl halides is 3. The SMILES string of the molecule is O=C1CN(S(=O)(=O)c2ccc(C(=O)NCC#Cc3cccc(C(F)(F)F)c3)cc2)CCN1. The first-order valence-corrected chi connectivity index (χ1v) is 10.8. The van der Waals surface area contributed by atoms with Gasteiger partial charge in [-0.3, -0.25) is 9.59 Å². The molecule has 7 nitrogen and oxygen atoms in total. The smallest absolute Gasteiger partial charge is 0.354 e. The van der Waals surface area contributed by atoms with E-state index in [4.69, 9.17) is 0 Å². The van der Waals surface area contributed by atoms with Crippen LogP contribution in [0, 0.1) is 11.8 Å². The van der Waals surface area contributed by atoms with Crippen LogP contribution in [-0.2, 0) is 21.0 Å². The summed E-state index contributed by atoms with van der Waals surface area (Å²) in [4.78, 5) is 23.6. The van der Waals surface area contributed by atoms with E-state index in [0.29, 0.717) is 0 Å². The fraction of sp³-hybridized carbons (Fsp3) is 0.238. The second-order valence-corrected chi connectivity index (χ2v) is 8.71. The Kier molecular flexibility index (Phi) is 6.86. The number of amides is 2. The molecule has 11 heteroatoms. The first-order valence-electron chi connectivity index (χ1n) is 9.38. The standard InChI is InChI=1S/C21H18F3N3O4S/c22-21(23,24)17-5-1-3-15(13-17)4-2-10-26-20(29)16-6-8-18(9-7-16)32(30,31)27-12-11-25-19(28)14-27/h1,3,5-9,13H,10-12,14H2,(H,25,28)(H,26,29). The van der Waals surface area contributed by atoms with Crippen molar-refractivity contribution in [3.05, 3.63) is 65.2 Å². The van der Waals surface area contributed by atoms with Crippen LogP contribution in [-0.4, -0.2) is 50.7 Å². The largest absolute Gasteiger partial charge is 0.416 e. The van der Waals surface area contributed by atoms with Gasteiger partial charge in [0, 0.05) is 24.2 Å². The molecule has 0 unspecified atom stereocenters. The summed E-state index contributed by atoms with van der Waals surface area (Å²) in [7, 11) is -3.86. The van der Waals surface area contributed by atoms with Gasteiger partial charge in [-0.05, 0) is 42.5 Å². The Labute approximate surface area is 182 Å².